The van der Waals surface area contributed by atoms with Gasteiger partial charge in [-0.05, 0) is 46.1 Å². The van der Waals surface area contributed by atoms with Crippen molar-refractivity contribution < 1.29 is 9.59 Å². The van der Waals surface area contributed by atoms with E-state index in [1.807, 2.05) is 72.3 Å². The minimum absolute atomic E-state index is 0.00229. The van der Waals surface area contributed by atoms with Crippen molar-refractivity contribution in [2.75, 3.05) is 33.2 Å². The van der Waals surface area contributed by atoms with Crippen molar-refractivity contribution in [2.45, 2.75) is 13.5 Å². The molecule has 0 radical (unpaired) electrons. The highest BCUT2D eigenvalue weighted by atomic mass is 79.9. The first-order valence-electron chi connectivity index (χ1n) is 9.05. The second kappa shape index (κ2) is 8.57. The van der Waals surface area contributed by atoms with E-state index in [2.05, 4.69) is 15.9 Å². The molecule has 0 aromatic heterocycles. The minimum atomic E-state index is 0.00229. The molecule has 1 saturated heterocycles. The number of carbonyl (C=O) groups excluding carboxylic acids is 2. The molecule has 0 saturated carbocycles. The summed E-state index contributed by atoms with van der Waals surface area (Å²) in [5, 5.41) is 0. The monoisotopic (exact) mass is 429 g/mol. The zero-order valence-electron chi connectivity index (χ0n) is 15.7. The van der Waals surface area contributed by atoms with E-state index >= 15 is 0 Å². The normalized spacial score (nSPS) is 14.2. The third-order valence-electron chi connectivity index (χ3n) is 4.78. The number of hydrogen-bond donors (Lipinski definition) is 0. The van der Waals surface area contributed by atoms with Crippen LogP contribution in [0.5, 0.6) is 0 Å². The lowest BCUT2D eigenvalue weighted by molar-refractivity contribution is 0.0643. The summed E-state index contributed by atoms with van der Waals surface area (Å²) in [5.41, 5.74) is 2.88. The van der Waals surface area contributed by atoms with Crippen LogP contribution in [0, 0.1) is 6.92 Å². The number of halogens is 1. The number of amides is 3. The highest BCUT2D eigenvalue weighted by molar-refractivity contribution is 9.10. The van der Waals surface area contributed by atoms with Crippen LogP contribution in [0.4, 0.5) is 4.79 Å². The highest BCUT2D eigenvalue weighted by Crippen LogP contribution is 2.21. The van der Waals surface area contributed by atoms with Crippen LogP contribution in [0.1, 0.15) is 21.5 Å². The van der Waals surface area contributed by atoms with E-state index in [9.17, 15) is 9.59 Å². The summed E-state index contributed by atoms with van der Waals surface area (Å²) in [4.78, 5) is 30.8. The Morgan fingerprint density at radius 3 is 2.26 bits per heavy atom. The van der Waals surface area contributed by atoms with Gasteiger partial charge in [0, 0.05) is 44.2 Å². The molecule has 1 aliphatic rings. The summed E-state index contributed by atoms with van der Waals surface area (Å²) in [5.74, 6) is 0.00612. The molecular formula is C21H24BrN3O2. The third-order valence-corrected chi connectivity index (χ3v) is 5.44. The Hall–Kier alpha value is -2.34. The minimum Gasteiger partial charge on any atom is -0.335 e. The second-order valence-electron chi connectivity index (χ2n) is 6.89. The highest BCUT2D eigenvalue weighted by Gasteiger charge is 2.27. The number of piperazine rings is 1. The van der Waals surface area contributed by atoms with Crippen LogP contribution >= 0.6 is 15.9 Å². The average Bonchev–Trinajstić information content (AvgIpc) is 2.68. The standard InChI is InChI=1S/C21H24BrN3O2/c1-16-8-9-18(19(22)14-16)20(26)24-10-12-25(13-11-24)21(27)23(2)15-17-6-4-3-5-7-17/h3-9,14H,10-13,15H2,1-2H3. The molecule has 0 unspecified atom stereocenters. The predicted octanol–water partition coefficient (Wildman–Crippen LogP) is 3.77. The summed E-state index contributed by atoms with van der Waals surface area (Å²) in [6, 6.07) is 15.7. The van der Waals surface area contributed by atoms with Gasteiger partial charge in [0.1, 0.15) is 0 Å². The third kappa shape index (κ3) is 4.69. The van der Waals surface area contributed by atoms with Crippen molar-refractivity contribution in [3.8, 4) is 0 Å². The van der Waals surface area contributed by atoms with Crippen molar-refractivity contribution in [2.24, 2.45) is 0 Å². The number of hydrogen-bond acceptors (Lipinski definition) is 2. The molecule has 2 aromatic rings. The van der Waals surface area contributed by atoms with E-state index in [1.54, 1.807) is 4.90 Å². The van der Waals surface area contributed by atoms with Crippen molar-refractivity contribution in [3.63, 3.8) is 0 Å². The lowest BCUT2D eigenvalue weighted by Gasteiger charge is -2.36. The van der Waals surface area contributed by atoms with Gasteiger partial charge in [-0.3, -0.25) is 4.79 Å². The van der Waals surface area contributed by atoms with Crippen LogP contribution in [0.15, 0.2) is 53.0 Å². The van der Waals surface area contributed by atoms with Gasteiger partial charge in [0.25, 0.3) is 5.91 Å². The number of benzene rings is 2. The Morgan fingerprint density at radius 2 is 1.63 bits per heavy atom. The SMILES string of the molecule is Cc1ccc(C(=O)N2CCN(C(=O)N(C)Cc3ccccc3)CC2)c(Br)c1. The van der Waals surface area contributed by atoms with Crippen LogP contribution in [-0.2, 0) is 6.54 Å². The van der Waals surface area contributed by atoms with Crippen molar-refractivity contribution in [1.29, 1.82) is 0 Å². The van der Waals surface area contributed by atoms with E-state index in [-0.39, 0.29) is 11.9 Å². The number of rotatable bonds is 3. The summed E-state index contributed by atoms with van der Waals surface area (Å²) >= 11 is 3.48. The lowest BCUT2D eigenvalue weighted by Crippen LogP contribution is -2.53. The average molecular weight is 430 g/mol. The molecule has 3 rings (SSSR count). The van der Waals surface area contributed by atoms with E-state index in [1.165, 1.54) is 0 Å². The van der Waals surface area contributed by atoms with E-state index in [0.717, 1.165) is 15.6 Å². The summed E-state index contributed by atoms with van der Waals surface area (Å²) in [7, 11) is 1.82. The maximum absolute atomic E-state index is 12.8. The molecule has 0 N–H and O–H groups in total. The summed E-state index contributed by atoms with van der Waals surface area (Å²) < 4.78 is 0.814. The zero-order valence-corrected chi connectivity index (χ0v) is 17.3. The molecule has 1 fully saturated rings. The Balaban J connectivity index is 1.56. The van der Waals surface area contributed by atoms with E-state index < -0.39 is 0 Å². The molecule has 2 aromatic carbocycles. The molecule has 142 valence electrons. The summed E-state index contributed by atoms with van der Waals surface area (Å²) in [6.07, 6.45) is 0. The maximum Gasteiger partial charge on any atom is 0.320 e. The largest absolute Gasteiger partial charge is 0.335 e. The van der Waals surface area contributed by atoms with Crippen molar-refractivity contribution in [1.82, 2.24) is 14.7 Å². The van der Waals surface area contributed by atoms with Crippen LogP contribution < -0.4 is 0 Å². The fraction of sp³-hybridized carbons (Fsp3) is 0.333. The molecule has 0 atom stereocenters. The van der Waals surface area contributed by atoms with Crippen LogP contribution in [0.25, 0.3) is 0 Å². The smallest absolute Gasteiger partial charge is 0.320 e. The van der Waals surface area contributed by atoms with Crippen LogP contribution in [-0.4, -0.2) is 59.9 Å². The molecule has 1 aliphatic heterocycles. The molecular weight excluding hydrogens is 406 g/mol. The second-order valence-corrected chi connectivity index (χ2v) is 7.74. The Kier molecular flexibility index (Phi) is 6.16. The first-order chi connectivity index (χ1) is 13.0. The van der Waals surface area contributed by atoms with Gasteiger partial charge in [0.05, 0.1) is 5.56 Å². The van der Waals surface area contributed by atoms with Crippen LogP contribution in [0.3, 0.4) is 0 Å². The van der Waals surface area contributed by atoms with Gasteiger partial charge in [-0.2, -0.15) is 0 Å². The first kappa shape index (κ1) is 19.4. The van der Waals surface area contributed by atoms with Gasteiger partial charge in [-0.1, -0.05) is 36.4 Å². The molecule has 1 heterocycles. The fourth-order valence-corrected chi connectivity index (χ4v) is 3.89. The molecule has 3 amide bonds. The first-order valence-corrected chi connectivity index (χ1v) is 9.84. The number of urea groups is 1. The van der Waals surface area contributed by atoms with Crippen molar-refractivity contribution >= 4 is 27.9 Å². The van der Waals surface area contributed by atoms with Gasteiger partial charge >= 0.3 is 6.03 Å². The molecule has 6 heteroatoms. The van der Waals surface area contributed by atoms with E-state index in [0.29, 0.717) is 38.3 Å². The van der Waals surface area contributed by atoms with Gasteiger partial charge in [-0.15, -0.1) is 0 Å². The quantitative estimate of drug-likeness (QED) is 0.744. The Morgan fingerprint density at radius 1 is 1.00 bits per heavy atom. The Labute approximate surface area is 168 Å². The molecule has 5 nitrogen and oxygen atoms in total. The molecule has 0 spiro atoms. The topological polar surface area (TPSA) is 43.9 Å². The Bertz CT molecular complexity index is 817. The predicted molar refractivity (Wildman–Crippen MR) is 110 cm³/mol. The molecule has 27 heavy (non-hydrogen) atoms. The number of nitrogens with zero attached hydrogens (tertiary/aromatic N) is 3. The number of carbonyl (C=O) groups is 2. The van der Waals surface area contributed by atoms with Gasteiger partial charge < -0.3 is 14.7 Å². The van der Waals surface area contributed by atoms with Gasteiger partial charge in [-0.25, -0.2) is 4.79 Å². The molecule has 0 aliphatic carbocycles. The number of aryl methyl sites for hydroxylation is 1. The van der Waals surface area contributed by atoms with Gasteiger partial charge in [0.2, 0.25) is 0 Å². The molecule has 0 bridgehead atoms. The van der Waals surface area contributed by atoms with Crippen molar-refractivity contribution in [3.05, 3.63) is 69.7 Å². The van der Waals surface area contributed by atoms with Crippen LogP contribution in [0.2, 0.25) is 0 Å². The fourth-order valence-electron chi connectivity index (χ4n) is 3.23. The lowest BCUT2D eigenvalue weighted by atomic mass is 10.1. The van der Waals surface area contributed by atoms with E-state index in [4.69, 9.17) is 0 Å². The van der Waals surface area contributed by atoms with Gasteiger partial charge in [0.15, 0.2) is 0 Å². The summed E-state index contributed by atoms with van der Waals surface area (Å²) in [6.45, 7) is 4.76. The zero-order chi connectivity index (χ0) is 19.4. The maximum atomic E-state index is 12.8.